The highest BCUT2D eigenvalue weighted by atomic mass is 35.5. The SMILES string of the molecule is Cc1ccc(CN2Cc3ccccc3OC(c3ccc(Cl)s3)C2)s1. The lowest BCUT2D eigenvalue weighted by molar-refractivity contribution is 0.147. The second-order valence-corrected chi connectivity index (χ2v) is 9.16. The Morgan fingerprint density at radius 3 is 2.75 bits per heavy atom. The number of benzene rings is 1. The molecule has 0 fully saturated rings. The van der Waals surface area contributed by atoms with Gasteiger partial charge in [0.1, 0.15) is 11.9 Å². The predicted octanol–water partition coefficient (Wildman–Crippen LogP) is 5.91. The maximum Gasteiger partial charge on any atom is 0.146 e. The van der Waals surface area contributed by atoms with Gasteiger partial charge in [-0.1, -0.05) is 29.8 Å². The molecule has 3 aromatic rings. The molecule has 1 aromatic carbocycles. The summed E-state index contributed by atoms with van der Waals surface area (Å²) in [6.45, 7) is 4.88. The normalized spacial score (nSPS) is 18.0. The van der Waals surface area contributed by atoms with Crippen LogP contribution in [-0.2, 0) is 13.1 Å². The first-order chi connectivity index (χ1) is 11.7. The summed E-state index contributed by atoms with van der Waals surface area (Å²) in [6.07, 6.45) is 0.0206. The molecule has 1 unspecified atom stereocenters. The van der Waals surface area contributed by atoms with Crippen molar-refractivity contribution in [1.29, 1.82) is 0 Å². The quantitative estimate of drug-likeness (QED) is 0.564. The van der Waals surface area contributed by atoms with E-state index in [2.05, 4.69) is 48.2 Å². The molecule has 5 heteroatoms. The van der Waals surface area contributed by atoms with E-state index in [4.69, 9.17) is 16.3 Å². The third-order valence-electron chi connectivity index (χ3n) is 4.15. The van der Waals surface area contributed by atoms with Crippen LogP contribution in [0.5, 0.6) is 5.75 Å². The molecular formula is C19H18ClNOS2. The summed E-state index contributed by atoms with van der Waals surface area (Å²) in [5, 5.41) is 0. The van der Waals surface area contributed by atoms with Crippen LogP contribution < -0.4 is 4.74 Å². The first kappa shape index (κ1) is 16.2. The van der Waals surface area contributed by atoms with Crippen LogP contribution in [0.25, 0.3) is 0 Å². The number of nitrogens with zero attached hydrogens (tertiary/aromatic N) is 1. The second-order valence-electron chi connectivity index (χ2n) is 6.04. The van der Waals surface area contributed by atoms with Crippen molar-refractivity contribution in [2.75, 3.05) is 6.54 Å². The number of fused-ring (bicyclic) bond motifs is 1. The Balaban J connectivity index is 1.64. The molecule has 4 rings (SSSR count). The van der Waals surface area contributed by atoms with Gasteiger partial charge in [0, 0.05) is 39.8 Å². The van der Waals surface area contributed by atoms with E-state index in [0.29, 0.717) is 0 Å². The Kier molecular flexibility index (Phi) is 4.63. The van der Waals surface area contributed by atoms with E-state index in [1.165, 1.54) is 20.2 Å². The Labute approximate surface area is 155 Å². The molecule has 3 heterocycles. The molecule has 124 valence electrons. The van der Waals surface area contributed by atoms with E-state index in [9.17, 15) is 0 Å². The zero-order chi connectivity index (χ0) is 16.5. The molecule has 0 saturated heterocycles. The second kappa shape index (κ2) is 6.89. The van der Waals surface area contributed by atoms with Gasteiger partial charge in [-0.3, -0.25) is 4.90 Å². The number of para-hydroxylation sites is 1. The summed E-state index contributed by atoms with van der Waals surface area (Å²) in [5.41, 5.74) is 1.25. The maximum absolute atomic E-state index is 6.34. The summed E-state index contributed by atoms with van der Waals surface area (Å²) >= 11 is 9.62. The Morgan fingerprint density at radius 2 is 2.00 bits per heavy atom. The predicted molar refractivity (Wildman–Crippen MR) is 102 cm³/mol. The van der Waals surface area contributed by atoms with E-state index < -0.39 is 0 Å². The van der Waals surface area contributed by atoms with Crippen LogP contribution in [0.15, 0.2) is 48.5 Å². The lowest BCUT2D eigenvalue weighted by Crippen LogP contribution is -2.27. The minimum atomic E-state index is 0.0206. The lowest BCUT2D eigenvalue weighted by Gasteiger charge is -2.22. The number of rotatable bonds is 3. The van der Waals surface area contributed by atoms with Gasteiger partial charge < -0.3 is 4.74 Å². The highest BCUT2D eigenvalue weighted by Gasteiger charge is 2.25. The molecule has 0 radical (unpaired) electrons. The molecule has 2 nitrogen and oxygen atoms in total. The van der Waals surface area contributed by atoms with Crippen molar-refractivity contribution < 1.29 is 4.74 Å². The van der Waals surface area contributed by atoms with Crippen molar-refractivity contribution in [3.63, 3.8) is 0 Å². The highest BCUT2D eigenvalue weighted by Crippen LogP contribution is 2.35. The van der Waals surface area contributed by atoms with Gasteiger partial charge >= 0.3 is 0 Å². The highest BCUT2D eigenvalue weighted by molar-refractivity contribution is 7.16. The molecule has 0 bridgehead atoms. The van der Waals surface area contributed by atoms with Crippen LogP contribution in [-0.4, -0.2) is 11.4 Å². The van der Waals surface area contributed by atoms with Gasteiger partial charge in [-0.2, -0.15) is 0 Å². The lowest BCUT2D eigenvalue weighted by atomic mass is 10.2. The Morgan fingerprint density at radius 1 is 1.12 bits per heavy atom. The number of aryl methyl sites for hydroxylation is 1. The molecular weight excluding hydrogens is 358 g/mol. The van der Waals surface area contributed by atoms with Crippen molar-refractivity contribution in [2.24, 2.45) is 0 Å². The van der Waals surface area contributed by atoms with Crippen LogP contribution in [0.2, 0.25) is 4.34 Å². The minimum absolute atomic E-state index is 0.0206. The zero-order valence-corrected chi connectivity index (χ0v) is 15.8. The molecule has 1 aliphatic heterocycles. The largest absolute Gasteiger partial charge is 0.483 e. The summed E-state index contributed by atoms with van der Waals surface area (Å²) in [5.74, 6) is 0.983. The first-order valence-electron chi connectivity index (χ1n) is 7.95. The van der Waals surface area contributed by atoms with Crippen molar-refractivity contribution in [2.45, 2.75) is 26.1 Å². The number of halogens is 1. The maximum atomic E-state index is 6.34. The van der Waals surface area contributed by atoms with Crippen molar-refractivity contribution in [1.82, 2.24) is 4.90 Å². The van der Waals surface area contributed by atoms with Gasteiger partial charge in [-0.25, -0.2) is 0 Å². The average molecular weight is 376 g/mol. The van der Waals surface area contributed by atoms with Crippen LogP contribution in [0.3, 0.4) is 0 Å². The summed E-state index contributed by atoms with van der Waals surface area (Å²) in [7, 11) is 0. The summed E-state index contributed by atoms with van der Waals surface area (Å²) < 4.78 is 7.15. The first-order valence-corrected chi connectivity index (χ1v) is 9.96. The standard InChI is InChI=1S/C19H18ClNOS2/c1-13-6-7-15(23-13)11-21-10-14-4-2-3-5-16(14)22-17(12-21)18-8-9-19(20)24-18/h2-9,17H,10-12H2,1H3. The van der Waals surface area contributed by atoms with Gasteiger partial charge in [0.05, 0.1) is 4.34 Å². The molecule has 2 aromatic heterocycles. The fourth-order valence-electron chi connectivity index (χ4n) is 3.04. The van der Waals surface area contributed by atoms with E-state index in [1.54, 1.807) is 11.3 Å². The van der Waals surface area contributed by atoms with E-state index in [0.717, 1.165) is 29.7 Å². The van der Waals surface area contributed by atoms with Gasteiger partial charge in [-0.15, -0.1) is 22.7 Å². The van der Waals surface area contributed by atoms with Gasteiger partial charge in [0.15, 0.2) is 0 Å². The number of thiophene rings is 2. The number of hydrogen-bond acceptors (Lipinski definition) is 4. The minimum Gasteiger partial charge on any atom is -0.483 e. The van der Waals surface area contributed by atoms with Crippen molar-refractivity contribution in [3.05, 3.63) is 73.1 Å². The zero-order valence-electron chi connectivity index (χ0n) is 13.4. The summed E-state index contributed by atoms with van der Waals surface area (Å²) in [6, 6.07) is 16.8. The van der Waals surface area contributed by atoms with E-state index in [1.807, 2.05) is 23.5 Å². The molecule has 1 aliphatic rings. The molecule has 24 heavy (non-hydrogen) atoms. The molecule has 0 saturated carbocycles. The van der Waals surface area contributed by atoms with Crippen LogP contribution in [0.4, 0.5) is 0 Å². The van der Waals surface area contributed by atoms with Crippen molar-refractivity contribution >= 4 is 34.3 Å². The average Bonchev–Trinajstić information content (AvgIpc) is 3.11. The van der Waals surface area contributed by atoms with E-state index >= 15 is 0 Å². The molecule has 0 aliphatic carbocycles. The smallest absolute Gasteiger partial charge is 0.146 e. The third-order valence-corrected chi connectivity index (χ3v) is 6.46. The molecule has 1 atom stereocenters. The Bertz CT molecular complexity index is 841. The fraction of sp³-hybridized carbons (Fsp3) is 0.263. The van der Waals surface area contributed by atoms with Gasteiger partial charge in [0.25, 0.3) is 0 Å². The third kappa shape index (κ3) is 3.52. The van der Waals surface area contributed by atoms with E-state index in [-0.39, 0.29) is 6.10 Å². The van der Waals surface area contributed by atoms with Gasteiger partial charge in [0.2, 0.25) is 0 Å². The van der Waals surface area contributed by atoms with Crippen LogP contribution in [0.1, 0.15) is 26.3 Å². The van der Waals surface area contributed by atoms with Crippen molar-refractivity contribution in [3.8, 4) is 5.75 Å². The topological polar surface area (TPSA) is 12.5 Å². The molecule has 0 N–H and O–H groups in total. The molecule has 0 amide bonds. The Hall–Kier alpha value is -1.33. The van der Waals surface area contributed by atoms with Gasteiger partial charge in [-0.05, 0) is 37.3 Å². The fourth-order valence-corrected chi connectivity index (χ4v) is 5.05. The monoisotopic (exact) mass is 375 g/mol. The number of ether oxygens (including phenoxy) is 1. The number of hydrogen-bond donors (Lipinski definition) is 0. The molecule has 0 spiro atoms. The summed E-state index contributed by atoms with van der Waals surface area (Å²) in [4.78, 5) is 6.41. The van der Waals surface area contributed by atoms with Crippen LogP contribution in [0, 0.1) is 6.92 Å². The van der Waals surface area contributed by atoms with Crippen LogP contribution >= 0.6 is 34.3 Å².